The second-order valence-electron chi connectivity index (χ2n) is 6.63. The van der Waals surface area contributed by atoms with Crippen LogP contribution >= 0.6 is 0 Å². The maximum absolute atomic E-state index is 12.8. The fourth-order valence-corrected chi connectivity index (χ4v) is 3.71. The van der Waals surface area contributed by atoms with E-state index in [-0.39, 0.29) is 24.2 Å². The molecule has 0 bridgehead atoms. The molecule has 2 aliphatic rings. The van der Waals surface area contributed by atoms with Crippen molar-refractivity contribution in [3.63, 3.8) is 0 Å². The molecule has 2 fully saturated rings. The van der Waals surface area contributed by atoms with E-state index in [1.807, 2.05) is 30.0 Å². The van der Waals surface area contributed by atoms with Crippen LogP contribution in [0.25, 0.3) is 0 Å². The highest BCUT2D eigenvalue weighted by Crippen LogP contribution is 2.32. The molecular weight excluding hydrogens is 320 g/mol. The molecule has 3 atom stereocenters. The Morgan fingerprint density at radius 1 is 1.40 bits per heavy atom. The molecule has 2 aliphatic heterocycles. The molecule has 4 heterocycles. The minimum atomic E-state index is -0.136. The lowest BCUT2D eigenvalue weighted by Gasteiger charge is -2.32. The Morgan fingerprint density at radius 2 is 2.32 bits per heavy atom. The smallest absolute Gasteiger partial charge is 0.257 e. The van der Waals surface area contributed by atoms with Crippen molar-refractivity contribution in [3.8, 4) is 0 Å². The van der Waals surface area contributed by atoms with Crippen LogP contribution in [0.1, 0.15) is 34.6 Å². The van der Waals surface area contributed by atoms with Crippen LogP contribution in [0.5, 0.6) is 0 Å². The summed E-state index contributed by atoms with van der Waals surface area (Å²) in [6.07, 6.45) is 4.71. The van der Waals surface area contributed by atoms with Gasteiger partial charge in [0.05, 0.1) is 36.7 Å². The molecule has 2 aromatic rings. The summed E-state index contributed by atoms with van der Waals surface area (Å²) in [5.74, 6) is -0.0194. The Labute approximate surface area is 146 Å². The Hall–Kier alpha value is -2.18. The third kappa shape index (κ3) is 3.32. The molecule has 4 rings (SSSR count). The normalized spacial score (nSPS) is 25.8. The molecule has 1 amide bonds. The van der Waals surface area contributed by atoms with Crippen molar-refractivity contribution in [1.82, 2.24) is 9.88 Å². The van der Waals surface area contributed by atoms with Crippen LogP contribution in [-0.4, -0.2) is 47.2 Å². The lowest BCUT2D eigenvalue weighted by atomic mass is 10.0. The van der Waals surface area contributed by atoms with Crippen molar-refractivity contribution in [3.05, 3.63) is 53.7 Å². The monoisotopic (exact) mass is 342 g/mol. The number of carbonyl (C=O) groups is 1. The predicted octanol–water partition coefficient (Wildman–Crippen LogP) is 2.57. The molecule has 0 aliphatic carbocycles. The van der Waals surface area contributed by atoms with Crippen LogP contribution < -0.4 is 0 Å². The highest BCUT2D eigenvalue weighted by molar-refractivity contribution is 5.94. The summed E-state index contributed by atoms with van der Waals surface area (Å²) in [5.41, 5.74) is 2.44. The number of ether oxygens (including phenoxy) is 2. The third-order valence-corrected chi connectivity index (χ3v) is 4.90. The summed E-state index contributed by atoms with van der Waals surface area (Å²) in [6.45, 7) is 3.64. The van der Waals surface area contributed by atoms with Crippen molar-refractivity contribution in [2.75, 3.05) is 13.2 Å². The first-order chi connectivity index (χ1) is 12.2. The number of nitrogens with zero attached hydrogens (tertiary/aromatic N) is 2. The number of amides is 1. The fourth-order valence-electron chi connectivity index (χ4n) is 3.71. The summed E-state index contributed by atoms with van der Waals surface area (Å²) < 4.78 is 17.1. The van der Waals surface area contributed by atoms with E-state index in [1.165, 1.54) is 12.5 Å². The lowest BCUT2D eigenvalue weighted by Crippen LogP contribution is -2.43. The first kappa shape index (κ1) is 16.3. The number of hydrogen-bond acceptors (Lipinski definition) is 5. The van der Waals surface area contributed by atoms with E-state index in [0.717, 1.165) is 30.8 Å². The maximum atomic E-state index is 12.8. The largest absolute Gasteiger partial charge is 0.472 e. The zero-order chi connectivity index (χ0) is 17.2. The third-order valence-electron chi connectivity index (χ3n) is 4.90. The van der Waals surface area contributed by atoms with Crippen molar-refractivity contribution < 1.29 is 18.7 Å². The van der Waals surface area contributed by atoms with E-state index >= 15 is 0 Å². The maximum Gasteiger partial charge on any atom is 0.257 e. The summed E-state index contributed by atoms with van der Waals surface area (Å²) in [7, 11) is 0. The SMILES string of the molecule is Cc1cccc(CO[C@@H]2CN(C(=O)c3ccoc3)[C@H]3CCCO[C@@H]23)n1. The molecule has 6 heteroatoms. The van der Waals surface area contributed by atoms with E-state index in [1.54, 1.807) is 6.07 Å². The van der Waals surface area contributed by atoms with Gasteiger partial charge in [0.15, 0.2) is 0 Å². The first-order valence-corrected chi connectivity index (χ1v) is 8.71. The standard InChI is InChI=1S/C19H22N2O4/c1-13-4-2-5-15(20-13)12-25-17-10-21(16-6-3-8-24-18(16)17)19(22)14-7-9-23-11-14/h2,4-5,7,9,11,16-18H,3,6,8,10,12H2,1H3/t16-,17+,18+/m0/s1. The quantitative estimate of drug-likeness (QED) is 0.854. The van der Waals surface area contributed by atoms with Gasteiger partial charge in [-0.25, -0.2) is 0 Å². The zero-order valence-corrected chi connectivity index (χ0v) is 14.3. The zero-order valence-electron chi connectivity index (χ0n) is 14.3. The van der Waals surface area contributed by atoms with Crippen LogP contribution in [0.3, 0.4) is 0 Å². The Bertz CT molecular complexity index is 731. The van der Waals surface area contributed by atoms with Crippen LogP contribution in [0.2, 0.25) is 0 Å². The molecule has 0 saturated carbocycles. The number of fused-ring (bicyclic) bond motifs is 1. The summed E-state index contributed by atoms with van der Waals surface area (Å²) >= 11 is 0. The van der Waals surface area contributed by atoms with Gasteiger partial charge in [-0.1, -0.05) is 6.07 Å². The van der Waals surface area contributed by atoms with Gasteiger partial charge in [0.25, 0.3) is 5.91 Å². The van der Waals surface area contributed by atoms with Crippen molar-refractivity contribution in [2.45, 2.75) is 44.6 Å². The molecule has 6 nitrogen and oxygen atoms in total. The molecule has 0 unspecified atom stereocenters. The average Bonchev–Trinajstić information content (AvgIpc) is 3.28. The van der Waals surface area contributed by atoms with Crippen molar-refractivity contribution >= 4 is 5.91 Å². The van der Waals surface area contributed by atoms with E-state index in [9.17, 15) is 4.79 Å². The van der Waals surface area contributed by atoms with E-state index < -0.39 is 0 Å². The highest BCUT2D eigenvalue weighted by atomic mass is 16.5. The molecule has 2 saturated heterocycles. The number of rotatable bonds is 4. The van der Waals surface area contributed by atoms with Gasteiger partial charge in [0.2, 0.25) is 0 Å². The van der Waals surface area contributed by atoms with Gasteiger partial charge in [-0.2, -0.15) is 0 Å². The minimum Gasteiger partial charge on any atom is -0.472 e. The van der Waals surface area contributed by atoms with Gasteiger partial charge in [0, 0.05) is 12.3 Å². The van der Waals surface area contributed by atoms with Crippen LogP contribution in [0.4, 0.5) is 0 Å². The van der Waals surface area contributed by atoms with Gasteiger partial charge in [0.1, 0.15) is 18.5 Å². The predicted molar refractivity (Wildman–Crippen MR) is 90.1 cm³/mol. The van der Waals surface area contributed by atoms with Gasteiger partial charge in [-0.3, -0.25) is 9.78 Å². The van der Waals surface area contributed by atoms with E-state index in [2.05, 4.69) is 4.98 Å². The summed E-state index contributed by atoms with van der Waals surface area (Å²) in [4.78, 5) is 19.1. The number of furan rings is 1. The summed E-state index contributed by atoms with van der Waals surface area (Å²) in [5, 5.41) is 0. The van der Waals surface area contributed by atoms with Crippen molar-refractivity contribution in [2.24, 2.45) is 0 Å². The topological polar surface area (TPSA) is 64.8 Å². The van der Waals surface area contributed by atoms with E-state index in [4.69, 9.17) is 13.9 Å². The number of hydrogen-bond donors (Lipinski definition) is 0. The molecule has 25 heavy (non-hydrogen) atoms. The van der Waals surface area contributed by atoms with Gasteiger partial charge in [-0.15, -0.1) is 0 Å². The molecule has 0 aromatic carbocycles. The Morgan fingerprint density at radius 3 is 3.12 bits per heavy atom. The van der Waals surface area contributed by atoms with Gasteiger partial charge >= 0.3 is 0 Å². The lowest BCUT2D eigenvalue weighted by molar-refractivity contribution is -0.0814. The molecule has 0 spiro atoms. The summed E-state index contributed by atoms with van der Waals surface area (Å²) in [6, 6.07) is 7.66. The van der Waals surface area contributed by atoms with Crippen LogP contribution in [0, 0.1) is 6.92 Å². The number of pyridine rings is 1. The first-order valence-electron chi connectivity index (χ1n) is 8.71. The number of aryl methyl sites for hydroxylation is 1. The van der Waals surface area contributed by atoms with Gasteiger partial charge < -0.3 is 18.8 Å². The number of carbonyl (C=O) groups excluding carboxylic acids is 1. The fraction of sp³-hybridized carbons (Fsp3) is 0.474. The second kappa shape index (κ2) is 6.98. The molecule has 0 N–H and O–H groups in total. The molecular formula is C19H22N2O4. The number of likely N-dealkylation sites (tertiary alicyclic amines) is 1. The highest BCUT2D eigenvalue weighted by Gasteiger charge is 2.47. The Balaban J connectivity index is 1.47. The Kier molecular flexibility index (Phi) is 4.55. The molecule has 2 aromatic heterocycles. The second-order valence-corrected chi connectivity index (χ2v) is 6.63. The van der Waals surface area contributed by atoms with Gasteiger partial charge in [-0.05, 0) is 38.0 Å². The van der Waals surface area contributed by atoms with Crippen LogP contribution in [0.15, 0.2) is 41.2 Å². The van der Waals surface area contributed by atoms with Crippen LogP contribution in [-0.2, 0) is 16.1 Å². The average molecular weight is 342 g/mol. The van der Waals surface area contributed by atoms with Crippen molar-refractivity contribution in [1.29, 1.82) is 0 Å². The number of aromatic nitrogens is 1. The minimum absolute atomic E-state index is 0.0194. The molecule has 0 radical (unpaired) electrons. The molecule has 132 valence electrons. The van der Waals surface area contributed by atoms with E-state index in [0.29, 0.717) is 18.7 Å².